The smallest absolute Gasteiger partial charge is 0.255 e. The summed E-state index contributed by atoms with van der Waals surface area (Å²) < 4.78 is 1.56. The molecule has 20 heavy (non-hydrogen) atoms. The molecule has 0 aliphatic rings. The quantitative estimate of drug-likeness (QED) is 0.783. The summed E-state index contributed by atoms with van der Waals surface area (Å²) in [7, 11) is 0. The first kappa shape index (κ1) is 15.4. The first-order valence-electron chi connectivity index (χ1n) is 6.09. The van der Waals surface area contributed by atoms with Gasteiger partial charge in [0.15, 0.2) is 0 Å². The molecule has 1 aromatic carbocycles. The van der Waals surface area contributed by atoms with Gasteiger partial charge in [0.1, 0.15) is 11.0 Å². The molecule has 0 fully saturated rings. The molecule has 1 heterocycles. The van der Waals surface area contributed by atoms with Crippen LogP contribution in [-0.4, -0.2) is 9.55 Å². The van der Waals surface area contributed by atoms with E-state index in [0.29, 0.717) is 22.4 Å². The van der Waals surface area contributed by atoms with Crippen molar-refractivity contribution in [3.63, 3.8) is 0 Å². The molecule has 6 heteroatoms. The lowest BCUT2D eigenvalue weighted by molar-refractivity contribution is 0.625. The molecule has 0 saturated heterocycles. The minimum Gasteiger partial charge on any atom is -0.292 e. The molecule has 0 spiro atoms. The molecular weight excluding hydrogens is 319 g/mol. The average Bonchev–Trinajstić information content (AvgIpc) is 2.36. The second-order valence-electron chi connectivity index (χ2n) is 4.75. The third-order valence-corrected chi connectivity index (χ3v) is 3.66. The van der Waals surface area contributed by atoms with Gasteiger partial charge in [-0.1, -0.05) is 48.7 Å². The molecule has 2 rings (SSSR count). The Morgan fingerprint density at radius 3 is 2.55 bits per heavy atom. The summed E-state index contributed by atoms with van der Waals surface area (Å²) in [5.41, 5.74) is 0.567. The van der Waals surface area contributed by atoms with E-state index >= 15 is 0 Å². The summed E-state index contributed by atoms with van der Waals surface area (Å²) in [6, 6.07) is 6.46. The van der Waals surface area contributed by atoms with Gasteiger partial charge in [-0.25, -0.2) is 4.98 Å². The van der Waals surface area contributed by atoms with E-state index < -0.39 is 0 Å². The van der Waals surface area contributed by atoms with Crippen LogP contribution in [0.5, 0.6) is 0 Å². The van der Waals surface area contributed by atoms with Crippen molar-refractivity contribution in [3.05, 3.63) is 61.2 Å². The molecule has 0 bridgehead atoms. The fourth-order valence-corrected chi connectivity index (χ4v) is 2.48. The zero-order chi connectivity index (χ0) is 14.9. The van der Waals surface area contributed by atoms with Crippen molar-refractivity contribution in [2.45, 2.75) is 26.3 Å². The van der Waals surface area contributed by atoms with Crippen LogP contribution < -0.4 is 5.56 Å². The van der Waals surface area contributed by atoms with E-state index in [4.69, 9.17) is 34.8 Å². The Bertz CT molecular complexity index is 695. The highest BCUT2D eigenvalue weighted by atomic mass is 35.5. The third-order valence-electron chi connectivity index (χ3n) is 2.86. The normalized spacial score (nSPS) is 11.1. The molecule has 1 aromatic heterocycles. The Labute approximate surface area is 132 Å². The maximum atomic E-state index is 12.1. The van der Waals surface area contributed by atoms with Crippen LogP contribution in [0.3, 0.4) is 0 Å². The predicted octanol–water partition coefficient (Wildman–Crippen LogP) is 4.38. The summed E-state index contributed by atoms with van der Waals surface area (Å²) in [6.45, 7) is 4.22. The number of halogens is 3. The van der Waals surface area contributed by atoms with E-state index in [-0.39, 0.29) is 16.6 Å². The lowest BCUT2D eigenvalue weighted by Gasteiger charge is -2.15. The van der Waals surface area contributed by atoms with Crippen molar-refractivity contribution in [2.75, 3.05) is 0 Å². The van der Waals surface area contributed by atoms with Gasteiger partial charge in [-0.2, -0.15) is 0 Å². The van der Waals surface area contributed by atoms with Crippen LogP contribution in [-0.2, 0) is 6.54 Å². The number of aromatic nitrogens is 2. The van der Waals surface area contributed by atoms with Gasteiger partial charge in [-0.05, 0) is 23.8 Å². The molecule has 0 aliphatic carbocycles. The van der Waals surface area contributed by atoms with Gasteiger partial charge >= 0.3 is 0 Å². The van der Waals surface area contributed by atoms with Crippen LogP contribution in [0.4, 0.5) is 0 Å². The van der Waals surface area contributed by atoms with Crippen molar-refractivity contribution in [1.29, 1.82) is 0 Å². The molecule has 2 aromatic rings. The summed E-state index contributed by atoms with van der Waals surface area (Å²) in [6.07, 6.45) is 0. The van der Waals surface area contributed by atoms with E-state index in [1.807, 2.05) is 13.8 Å². The van der Waals surface area contributed by atoms with Crippen LogP contribution >= 0.6 is 34.8 Å². The van der Waals surface area contributed by atoms with Gasteiger partial charge in [0.25, 0.3) is 5.56 Å². The van der Waals surface area contributed by atoms with Gasteiger partial charge in [0.05, 0.1) is 6.54 Å². The highest BCUT2D eigenvalue weighted by Crippen LogP contribution is 2.22. The minimum atomic E-state index is -0.204. The van der Waals surface area contributed by atoms with E-state index in [1.54, 1.807) is 22.8 Å². The Hall–Kier alpha value is -1.03. The second kappa shape index (κ2) is 6.17. The van der Waals surface area contributed by atoms with Crippen LogP contribution in [0.25, 0.3) is 0 Å². The number of hydrogen-bond acceptors (Lipinski definition) is 2. The highest BCUT2D eigenvalue weighted by Gasteiger charge is 2.13. The van der Waals surface area contributed by atoms with Crippen molar-refractivity contribution in [2.24, 2.45) is 0 Å². The van der Waals surface area contributed by atoms with E-state index in [9.17, 15) is 4.79 Å². The second-order valence-corrected chi connectivity index (χ2v) is 5.98. The fourth-order valence-electron chi connectivity index (χ4n) is 1.93. The molecule has 0 saturated carbocycles. The molecule has 0 amide bonds. The number of rotatable bonds is 3. The summed E-state index contributed by atoms with van der Waals surface area (Å²) in [4.78, 5) is 16.4. The first-order valence-corrected chi connectivity index (χ1v) is 7.23. The summed E-state index contributed by atoms with van der Waals surface area (Å²) in [5, 5.41) is 1.34. The monoisotopic (exact) mass is 330 g/mol. The minimum absolute atomic E-state index is 0.0689. The van der Waals surface area contributed by atoms with Gasteiger partial charge in [0, 0.05) is 22.0 Å². The molecule has 0 aliphatic heterocycles. The van der Waals surface area contributed by atoms with Crippen LogP contribution in [0, 0.1) is 0 Å². The maximum Gasteiger partial charge on any atom is 0.255 e. The first-order chi connectivity index (χ1) is 9.38. The van der Waals surface area contributed by atoms with Crippen molar-refractivity contribution < 1.29 is 0 Å². The van der Waals surface area contributed by atoms with Gasteiger partial charge in [-0.3, -0.25) is 9.36 Å². The lowest BCUT2D eigenvalue weighted by Crippen LogP contribution is -2.26. The molecule has 0 unspecified atom stereocenters. The molecule has 106 valence electrons. The SMILES string of the molecule is CC(C)c1nc(Cl)cc(=O)n1Cc1cc(Cl)ccc1Cl. The Morgan fingerprint density at radius 1 is 1.20 bits per heavy atom. The van der Waals surface area contributed by atoms with Gasteiger partial charge < -0.3 is 0 Å². The van der Waals surface area contributed by atoms with Crippen molar-refractivity contribution in [1.82, 2.24) is 9.55 Å². The van der Waals surface area contributed by atoms with Gasteiger partial charge in [0.2, 0.25) is 0 Å². The Balaban J connectivity index is 2.53. The average molecular weight is 332 g/mol. The standard InChI is InChI=1S/C14H13Cl3N2O/c1-8(2)14-18-12(17)6-13(20)19(14)7-9-5-10(15)3-4-11(9)16/h3-6,8H,7H2,1-2H3. The number of hydrogen-bond donors (Lipinski definition) is 0. The molecule has 0 radical (unpaired) electrons. The molecular formula is C14H13Cl3N2O. The summed E-state index contributed by atoms with van der Waals surface area (Å²) in [5.74, 6) is 0.693. The third kappa shape index (κ3) is 3.35. The predicted molar refractivity (Wildman–Crippen MR) is 83.2 cm³/mol. The molecule has 0 atom stereocenters. The van der Waals surface area contributed by atoms with Crippen molar-refractivity contribution >= 4 is 34.8 Å². The maximum absolute atomic E-state index is 12.1. The van der Waals surface area contributed by atoms with E-state index in [2.05, 4.69) is 4.98 Å². The van der Waals surface area contributed by atoms with E-state index in [1.165, 1.54) is 6.07 Å². The number of nitrogens with zero attached hydrogens (tertiary/aromatic N) is 2. The molecule has 3 nitrogen and oxygen atoms in total. The topological polar surface area (TPSA) is 34.9 Å². The van der Waals surface area contributed by atoms with E-state index in [0.717, 1.165) is 5.56 Å². The number of benzene rings is 1. The summed E-state index contributed by atoms with van der Waals surface area (Å²) >= 11 is 18.0. The largest absolute Gasteiger partial charge is 0.292 e. The van der Waals surface area contributed by atoms with Crippen molar-refractivity contribution in [3.8, 4) is 0 Å². The van der Waals surface area contributed by atoms with Gasteiger partial charge in [-0.15, -0.1) is 0 Å². The van der Waals surface area contributed by atoms with Crippen LogP contribution in [0.2, 0.25) is 15.2 Å². The van der Waals surface area contributed by atoms with Crippen LogP contribution in [0.15, 0.2) is 29.1 Å². The zero-order valence-electron chi connectivity index (χ0n) is 11.0. The zero-order valence-corrected chi connectivity index (χ0v) is 13.3. The fraction of sp³-hybridized carbons (Fsp3) is 0.286. The Morgan fingerprint density at radius 2 is 1.90 bits per heavy atom. The Kier molecular flexibility index (Phi) is 4.74. The van der Waals surface area contributed by atoms with Crippen LogP contribution in [0.1, 0.15) is 31.2 Å². The lowest BCUT2D eigenvalue weighted by atomic mass is 10.1. The highest BCUT2D eigenvalue weighted by molar-refractivity contribution is 6.33. The molecule has 0 N–H and O–H groups in total.